The molecule has 1 atom stereocenters. The van der Waals surface area contributed by atoms with Gasteiger partial charge >= 0.3 is 0 Å². The van der Waals surface area contributed by atoms with Gasteiger partial charge in [-0.25, -0.2) is 0 Å². The molecule has 3 rings (SSSR count). The minimum Gasteiger partial charge on any atom is -0.0840 e. The van der Waals surface area contributed by atoms with Crippen molar-refractivity contribution < 1.29 is 0 Å². The molecule has 0 spiro atoms. The normalized spacial score (nSPS) is 16.3. The molecule has 0 amide bonds. The first-order valence-corrected chi connectivity index (χ1v) is 11.3. The SMILES string of the molecule is CC(CCC(C)(C)c1ccc(C(C)(C)C)c(Cl)c1)c1ccc(C2CC2)cc1Cl. The summed E-state index contributed by atoms with van der Waals surface area (Å²) in [6.45, 7) is 13.6. The standard InChI is InChI=1S/C26H34Cl2/c1-17(21-11-9-19(15-23(21)27)18-7-8-18)13-14-26(5,6)20-10-12-22(24(28)16-20)25(2,3)4/h9-12,15-18H,7-8,13-14H2,1-6H3. The van der Waals surface area contributed by atoms with Crippen LogP contribution < -0.4 is 0 Å². The van der Waals surface area contributed by atoms with E-state index in [4.69, 9.17) is 23.2 Å². The highest BCUT2D eigenvalue weighted by atomic mass is 35.5. The second-order valence-corrected chi connectivity index (χ2v) is 11.1. The Kier molecular flexibility index (Phi) is 6.23. The average Bonchev–Trinajstić information content (AvgIpc) is 3.43. The van der Waals surface area contributed by atoms with E-state index < -0.39 is 0 Å². The summed E-state index contributed by atoms with van der Waals surface area (Å²) in [6, 6.07) is 13.4. The van der Waals surface area contributed by atoms with Crippen molar-refractivity contribution in [3.05, 3.63) is 68.7 Å². The maximum Gasteiger partial charge on any atom is 0.0446 e. The lowest BCUT2D eigenvalue weighted by Crippen LogP contribution is -2.19. The Hall–Kier alpha value is -0.980. The van der Waals surface area contributed by atoms with Gasteiger partial charge in [-0.2, -0.15) is 0 Å². The molecule has 2 heteroatoms. The number of benzene rings is 2. The zero-order chi connectivity index (χ0) is 20.7. The van der Waals surface area contributed by atoms with Crippen LogP contribution in [-0.2, 0) is 10.8 Å². The summed E-state index contributed by atoms with van der Waals surface area (Å²) < 4.78 is 0. The molecule has 0 N–H and O–H groups in total. The molecule has 1 saturated carbocycles. The van der Waals surface area contributed by atoms with E-state index in [1.54, 1.807) is 0 Å². The third-order valence-electron chi connectivity index (χ3n) is 6.37. The van der Waals surface area contributed by atoms with Crippen LogP contribution in [0, 0.1) is 0 Å². The van der Waals surface area contributed by atoms with Crippen molar-refractivity contribution in [1.82, 2.24) is 0 Å². The number of halogens is 2. The highest BCUT2D eigenvalue weighted by molar-refractivity contribution is 6.31. The molecule has 1 fully saturated rings. The number of hydrogen-bond donors (Lipinski definition) is 0. The quantitative estimate of drug-likeness (QED) is 0.440. The van der Waals surface area contributed by atoms with Gasteiger partial charge < -0.3 is 0 Å². The van der Waals surface area contributed by atoms with Gasteiger partial charge in [0, 0.05) is 10.0 Å². The summed E-state index contributed by atoms with van der Waals surface area (Å²) >= 11 is 13.3. The van der Waals surface area contributed by atoms with Crippen molar-refractivity contribution in [3.8, 4) is 0 Å². The van der Waals surface area contributed by atoms with Crippen molar-refractivity contribution in [2.24, 2.45) is 0 Å². The van der Waals surface area contributed by atoms with E-state index >= 15 is 0 Å². The molecule has 152 valence electrons. The van der Waals surface area contributed by atoms with E-state index in [-0.39, 0.29) is 10.8 Å². The molecule has 1 unspecified atom stereocenters. The summed E-state index contributed by atoms with van der Waals surface area (Å²) in [6.07, 6.45) is 4.83. The average molecular weight is 417 g/mol. The third kappa shape index (κ3) is 4.95. The summed E-state index contributed by atoms with van der Waals surface area (Å²) in [7, 11) is 0. The zero-order valence-electron chi connectivity index (χ0n) is 18.2. The molecule has 0 aromatic heterocycles. The molecule has 28 heavy (non-hydrogen) atoms. The first kappa shape index (κ1) is 21.7. The van der Waals surface area contributed by atoms with Gasteiger partial charge in [0.1, 0.15) is 0 Å². The van der Waals surface area contributed by atoms with Gasteiger partial charge in [0.05, 0.1) is 0 Å². The Morgan fingerprint density at radius 1 is 0.929 bits per heavy atom. The molecule has 0 heterocycles. The monoisotopic (exact) mass is 416 g/mol. The smallest absolute Gasteiger partial charge is 0.0446 e. The van der Waals surface area contributed by atoms with Gasteiger partial charge in [-0.1, -0.05) is 89.0 Å². The van der Waals surface area contributed by atoms with E-state index in [0.29, 0.717) is 5.92 Å². The van der Waals surface area contributed by atoms with E-state index in [1.165, 1.54) is 35.1 Å². The first-order valence-electron chi connectivity index (χ1n) is 10.6. The summed E-state index contributed by atoms with van der Waals surface area (Å²) in [5.41, 5.74) is 5.36. The van der Waals surface area contributed by atoms with E-state index in [1.807, 2.05) is 0 Å². The van der Waals surface area contributed by atoms with Crippen LogP contribution >= 0.6 is 23.2 Å². The Morgan fingerprint density at radius 3 is 2.14 bits per heavy atom. The molecule has 0 nitrogen and oxygen atoms in total. The third-order valence-corrected chi connectivity index (χ3v) is 7.01. The van der Waals surface area contributed by atoms with Gasteiger partial charge in [0.15, 0.2) is 0 Å². The highest BCUT2D eigenvalue weighted by Crippen LogP contribution is 2.43. The van der Waals surface area contributed by atoms with Crippen LogP contribution in [0.3, 0.4) is 0 Å². The second kappa shape index (κ2) is 8.04. The summed E-state index contributed by atoms with van der Waals surface area (Å²) in [4.78, 5) is 0. The Balaban J connectivity index is 1.69. The van der Waals surface area contributed by atoms with Crippen molar-refractivity contribution in [1.29, 1.82) is 0 Å². The van der Waals surface area contributed by atoms with Crippen LogP contribution in [0.4, 0.5) is 0 Å². The minimum atomic E-state index is 0.0671. The van der Waals surface area contributed by atoms with Crippen molar-refractivity contribution >= 4 is 23.2 Å². The van der Waals surface area contributed by atoms with Crippen LogP contribution in [0.5, 0.6) is 0 Å². The number of hydrogen-bond acceptors (Lipinski definition) is 0. The van der Waals surface area contributed by atoms with Gasteiger partial charge in [-0.05, 0) is 82.7 Å². The molecule has 1 aliphatic rings. The Bertz CT molecular complexity index is 838. The lowest BCUT2D eigenvalue weighted by atomic mass is 9.76. The maximum absolute atomic E-state index is 6.63. The van der Waals surface area contributed by atoms with Gasteiger partial charge in [-0.15, -0.1) is 0 Å². The number of rotatable bonds is 6. The Morgan fingerprint density at radius 2 is 1.61 bits per heavy atom. The molecule has 1 aliphatic carbocycles. The lowest BCUT2D eigenvalue weighted by Gasteiger charge is -2.29. The lowest BCUT2D eigenvalue weighted by molar-refractivity contribution is 0.439. The predicted molar refractivity (Wildman–Crippen MR) is 124 cm³/mol. The molecule has 2 aromatic rings. The van der Waals surface area contributed by atoms with Crippen LogP contribution in [0.1, 0.15) is 101 Å². The summed E-state index contributed by atoms with van der Waals surface area (Å²) in [5.74, 6) is 1.20. The van der Waals surface area contributed by atoms with Crippen molar-refractivity contribution in [2.75, 3.05) is 0 Å². The topological polar surface area (TPSA) is 0 Å². The largest absolute Gasteiger partial charge is 0.0840 e. The van der Waals surface area contributed by atoms with Crippen LogP contribution in [-0.4, -0.2) is 0 Å². The minimum absolute atomic E-state index is 0.0671. The predicted octanol–water partition coefficient (Wildman–Crippen LogP) is 9.03. The molecular weight excluding hydrogens is 383 g/mol. The fraction of sp³-hybridized carbons (Fsp3) is 0.538. The van der Waals surface area contributed by atoms with Crippen LogP contribution in [0.25, 0.3) is 0 Å². The molecule has 2 aromatic carbocycles. The van der Waals surface area contributed by atoms with Crippen LogP contribution in [0.15, 0.2) is 36.4 Å². The fourth-order valence-corrected chi connectivity index (χ4v) is 4.87. The van der Waals surface area contributed by atoms with E-state index in [9.17, 15) is 0 Å². The van der Waals surface area contributed by atoms with Gasteiger partial charge in [-0.3, -0.25) is 0 Å². The Labute approximate surface area is 181 Å². The van der Waals surface area contributed by atoms with Crippen LogP contribution in [0.2, 0.25) is 10.0 Å². The molecular formula is C26H34Cl2. The van der Waals surface area contributed by atoms with E-state index in [0.717, 1.165) is 28.8 Å². The summed E-state index contributed by atoms with van der Waals surface area (Å²) in [5, 5.41) is 1.82. The van der Waals surface area contributed by atoms with Crippen molar-refractivity contribution in [2.45, 2.75) is 89.9 Å². The zero-order valence-corrected chi connectivity index (χ0v) is 19.7. The highest BCUT2D eigenvalue weighted by Gasteiger charge is 2.26. The maximum atomic E-state index is 6.63. The van der Waals surface area contributed by atoms with E-state index in [2.05, 4.69) is 77.9 Å². The second-order valence-electron chi connectivity index (χ2n) is 10.3. The first-order chi connectivity index (χ1) is 13.0. The molecule has 0 aliphatic heterocycles. The molecule has 0 radical (unpaired) electrons. The van der Waals surface area contributed by atoms with Crippen molar-refractivity contribution in [3.63, 3.8) is 0 Å². The van der Waals surface area contributed by atoms with Gasteiger partial charge in [0.2, 0.25) is 0 Å². The fourth-order valence-electron chi connectivity index (χ4n) is 4.04. The van der Waals surface area contributed by atoms with Gasteiger partial charge in [0.25, 0.3) is 0 Å². The molecule has 0 bridgehead atoms. The molecule has 0 saturated heterocycles.